The van der Waals surface area contributed by atoms with Crippen molar-refractivity contribution in [1.29, 1.82) is 0 Å². The highest BCUT2D eigenvalue weighted by Gasteiger charge is 2.25. The smallest absolute Gasteiger partial charge is 0.136 e. The van der Waals surface area contributed by atoms with Gasteiger partial charge in [0.2, 0.25) is 0 Å². The Kier molecular flexibility index (Phi) is 4.72. The molecule has 0 unspecified atom stereocenters. The third-order valence-electron chi connectivity index (χ3n) is 3.81. The highest BCUT2D eigenvalue weighted by molar-refractivity contribution is 4.99. The number of likely N-dealkylation sites (tertiary alicyclic amines) is 1. The van der Waals surface area contributed by atoms with E-state index in [0.717, 1.165) is 19.0 Å². The summed E-state index contributed by atoms with van der Waals surface area (Å²) in [4.78, 5) is 2.53. The van der Waals surface area contributed by atoms with Crippen LogP contribution in [0.2, 0.25) is 0 Å². The number of aromatic nitrogens is 3. The van der Waals surface area contributed by atoms with Gasteiger partial charge in [-0.05, 0) is 39.8 Å². The fourth-order valence-electron chi connectivity index (χ4n) is 2.62. The summed E-state index contributed by atoms with van der Waals surface area (Å²) in [6.07, 6.45) is 4.19. The van der Waals surface area contributed by atoms with Crippen LogP contribution in [0.1, 0.15) is 38.4 Å². The number of nitrogens with zero attached hydrogens (tertiary/aromatic N) is 4. The van der Waals surface area contributed by atoms with Crippen molar-refractivity contribution < 1.29 is 4.74 Å². The predicted molar refractivity (Wildman–Crippen MR) is 70.6 cm³/mol. The van der Waals surface area contributed by atoms with Crippen molar-refractivity contribution in [2.24, 2.45) is 0 Å². The van der Waals surface area contributed by atoms with Crippen LogP contribution in [-0.4, -0.2) is 52.5 Å². The lowest BCUT2D eigenvalue weighted by atomic mass is 9.95. The Morgan fingerprint density at radius 3 is 2.72 bits per heavy atom. The summed E-state index contributed by atoms with van der Waals surface area (Å²) in [5, 5.41) is 8.35. The van der Waals surface area contributed by atoms with E-state index in [1.54, 1.807) is 7.11 Å². The molecular weight excluding hydrogens is 228 g/mol. The molecule has 18 heavy (non-hydrogen) atoms. The SMILES string of the molecule is COCCn1cnnc1C1CCN(C(C)C)CC1. The molecule has 1 saturated heterocycles. The molecule has 0 N–H and O–H groups in total. The van der Waals surface area contributed by atoms with E-state index in [9.17, 15) is 0 Å². The van der Waals surface area contributed by atoms with Gasteiger partial charge >= 0.3 is 0 Å². The van der Waals surface area contributed by atoms with Crippen molar-refractivity contribution in [1.82, 2.24) is 19.7 Å². The predicted octanol–water partition coefficient (Wildman–Crippen LogP) is 1.51. The summed E-state index contributed by atoms with van der Waals surface area (Å²) in [6.45, 7) is 8.43. The third kappa shape index (κ3) is 3.09. The molecule has 0 bridgehead atoms. The number of hydrogen-bond donors (Lipinski definition) is 0. The maximum atomic E-state index is 5.12. The van der Waals surface area contributed by atoms with Gasteiger partial charge in [-0.3, -0.25) is 0 Å². The fourth-order valence-corrected chi connectivity index (χ4v) is 2.62. The topological polar surface area (TPSA) is 43.2 Å². The van der Waals surface area contributed by atoms with Crippen molar-refractivity contribution >= 4 is 0 Å². The van der Waals surface area contributed by atoms with Crippen LogP contribution in [0.15, 0.2) is 6.33 Å². The minimum Gasteiger partial charge on any atom is -0.383 e. The van der Waals surface area contributed by atoms with Crippen molar-refractivity contribution in [3.63, 3.8) is 0 Å². The normalized spacial score (nSPS) is 18.7. The van der Waals surface area contributed by atoms with Crippen molar-refractivity contribution in [3.8, 4) is 0 Å². The van der Waals surface area contributed by atoms with Gasteiger partial charge in [0.1, 0.15) is 12.2 Å². The lowest BCUT2D eigenvalue weighted by molar-refractivity contribution is 0.164. The third-order valence-corrected chi connectivity index (χ3v) is 3.81. The van der Waals surface area contributed by atoms with E-state index in [0.29, 0.717) is 12.0 Å². The summed E-state index contributed by atoms with van der Waals surface area (Å²) in [5.74, 6) is 1.69. The van der Waals surface area contributed by atoms with Gasteiger partial charge in [0.05, 0.1) is 6.61 Å². The highest BCUT2D eigenvalue weighted by atomic mass is 16.5. The van der Waals surface area contributed by atoms with Gasteiger partial charge < -0.3 is 14.2 Å². The van der Waals surface area contributed by atoms with Crippen LogP contribution >= 0.6 is 0 Å². The lowest BCUT2D eigenvalue weighted by Crippen LogP contribution is -2.38. The maximum absolute atomic E-state index is 5.12. The summed E-state index contributed by atoms with van der Waals surface area (Å²) < 4.78 is 7.26. The average Bonchev–Trinajstić information content (AvgIpc) is 2.84. The largest absolute Gasteiger partial charge is 0.383 e. The molecule has 1 aromatic rings. The number of piperidine rings is 1. The van der Waals surface area contributed by atoms with Gasteiger partial charge in [-0.2, -0.15) is 0 Å². The van der Waals surface area contributed by atoms with E-state index in [1.807, 2.05) is 6.33 Å². The Hall–Kier alpha value is -0.940. The van der Waals surface area contributed by atoms with Crippen LogP contribution in [0.5, 0.6) is 0 Å². The molecule has 0 aliphatic carbocycles. The molecule has 0 saturated carbocycles. The van der Waals surface area contributed by atoms with Gasteiger partial charge in [-0.25, -0.2) is 0 Å². The standard InChI is InChI=1S/C13H24N4O/c1-11(2)16-6-4-12(5-7-16)13-15-14-10-17(13)8-9-18-3/h10-12H,4-9H2,1-3H3. The second kappa shape index (κ2) is 6.29. The number of rotatable bonds is 5. The fraction of sp³-hybridized carbons (Fsp3) is 0.846. The van der Waals surface area contributed by atoms with Crippen LogP contribution in [-0.2, 0) is 11.3 Å². The first-order valence-electron chi connectivity index (χ1n) is 6.83. The Balaban J connectivity index is 1.94. The summed E-state index contributed by atoms with van der Waals surface area (Å²) in [7, 11) is 1.73. The lowest BCUT2D eigenvalue weighted by Gasteiger charge is -2.34. The molecule has 2 heterocycles. The molecule has 102 valence electrons. The van der Waals surface area contributed by atoms with E-state index < -0.39 is 0 Å². The highest BCUT2D eigenvalue weighted by Crippen LogP contribution is 2.27. The minimum atomic E-state index is 0.555. The Morgan fingerprint density at radius 1 is 1.39 bits per heavy atom. The zero-order chi connectivity index (χ0) is 13.0. The van der Waals surface area contributed by atoms with Crippen LogP contribution < -0.4 is 0 Å². The molecule has 0 amide bonds. The first-order valence-corrected chi connectivity index (χ1v) is 6.83. The number of ether oxygens (including phenoxy) is 1. The molecule has 1 aromatic heterocycles. The van der Waals surface area contributed by atoms with E-state index >= 15 is 0 Å². The molecular formula is C13H24N4O. The summed E-state index contributed by atoms with van der Waals surface area (Å²) in [6, 6.07) is 0.650. The first-order chi connectivity index (χ1) is 8.72. The second-order valence-corrected chi connectivity index (χ2v) is 5.28. The van der Waals surface area contributed by atoms with Crippen molar-refractivity contribution in [2.45, 2.75) is 45.2 Å². The van der Waals surface area contributed by atoms with Gasteiger partial charge in [0, 0.05) is 25.6 Å². The molecule has 1 aliphatic rings. The molecule has 0 atom stereocenters. The van der Waals surface area contributed by atoms with Gasteiger partial charge in [-0.1, -0.05) is 0 Å². The van der Waals surface area contributed by atoms with Gasteiger partial charge in [0.25, 0.3) is 0 Å². The van der Waals surface area contributed by atoms with E-state index in [4.69, 9.17) is 4.74 Å². The van der Waals surface area contributed by atoms with Crippen LogP contribution in [0.4, 0.5) is 0 Å². The molecule has 0 aromatic carbocycles. The molecule has 1 aliphatic heterocycles. The minimum absolute atomic E-state index is 0.555. The Labute approximate surface area is 109 Å². The Bertz CT molecular complexity index is 356. The summed E-state index contributed by atoms with van der Waals surface area (Å²) >= 11 is 0. The van der Waals surface area contributed by atoms with Crippen molar-refractivity contribution in [2.75, 3.05) is 26.8 Å². The quantitative estimate of drug-likeness (QED) is 0.797. The van der Waals surface area contributed by atoms with Gasteiger partial charge in [0.15, 0.2) is 0 Å². The molecule has 0 radical (unpaired) electrons. The number of methoxy groups -OCH3 is 1. The second-order valence-electron chi connectivity index (χ2n) is 5.28. The zero-order valence-electron chi connectivity index (χ0n) is 11.7. The van der Waals surface area contributed by atoms with Gasteiger partial charge in [-0.15, -0.1) is 10.2 Å². The van der Waals surface area contributed by atoms with Crippen LogP contribution in [0, 0.1) is 0 Å². The van der Waals surface area contributed by atoms with E-state index in [2.05, 4.69) is 33.5 Å². The molecule has 2 rings (SSSR count). The number of hydrogen-bond acceptors (Lipinski definition) is 4. The van der Waals surface area contributed by atoms with Crippen LogP contribution in [0.25, 0.3) is 0 Å². The zero-order valence-corrected chi connectivity index (χ0v) is 11.7. The van der Waals surface area contributed by atoms with E-state index in [1.165, 1.54) is 25.9 Å². The molecule has 1 fully saturated rings. The first kappa shape index (κ1) is 13.5. The van der Waals surface area contributed by atoms with E-state index in [-0.39, 0.29) is 0 Å². The summed E-state index contributed by atoms with van der Waals surface area (Å²) in [5.41, 5.74) is 0. The maximum Gasteiger partial charge on any atom is 0.136 e. The molecule has 5 heteroatoms. The molecule has 0 spiro atoms. The van der Waals surface area contributed by atoms with Crippen molar-refractivity contribution in [3.05, 3.63) is 12.2 Å². The molecule has 5 nitrogen and oxygen atoms in total. The Morgan fingerprint density at radius 2 is 2.11 bits per heavy atom. The monoisotopic (exact) mass is 252 g/mol. The average molecular weight is 252 g/mol. The van der Waals surface area contributed by atoms with Crippen LogP contribution in [0.3, 0.4) is 0 Å².